The molecule has 3 aliphatic rings. The molecule has 204 valence electrons. The Morgan fingerprint density at radius 1 is 0.946 bits per heavy atom. The largest absolute Gasteiger partial charge is 0.444 e. The van der Waals surface area contributed by atoms with Crippen LogP contribution in [0.15, 0.2) is 24.3 Å². The molecule has 0 bridgehead atoms. The van der Waals surface area contributed by atoms with Gasteiger partial charge in [0.2, 0.25) is 11.8 Å². The lowest BCUT2D eigenvalue weighted by atomic mass is 9.90. The van der Waals surface area contributed by atoms with E-state index in [4.69, 9.17) is 4.74 Å². The van der Waals surface area contributed by atoms with Gasteiger partial charge in [-0.3, -0.25) is 19.8 Å². The number of piperidine rings is 2. The van der Waals surface area contributed by atoms with Crippen LogP contribution >= 0.6 is 0 Å². The van der Waals surface area contributed by atoms with Crippen molar-refractivity contribution in [1.29, 1.82) is 0 Å². The second-order valence-corrected chi connectivity index (χ2v) is 11.5. The number of imide groups is 1. The zero-order chi connectivity index (χ0) is 26.4. The van der Waals surface area contributed by atoms with E-state index in [-0.39, 0.29) is 29.9 Å². The number of benzene rings is 1. The molecule has 0 aliphatic carbocycles. The summed E-state index contributed by atoms with van der Waals surface area (Å²) in [6, 6.07) is 8.49. The summed E-state index contributed by atoms with van der Waals surface area (Å²) in [4.78, 5) is 43.0. The number of carbonyl (C=O) groups is 3. The highest BCUT2D eigenvalue weighted by molar-refractivity contribution is 6.00. The number of ether oxygens (including phenoxy) is 1. The van der Waals surface area contributed by atoms with Crippen LogP contribution in [0.2, 0.25) is 0 Å². The van der Waals surface area contributed by atoms with Gasteiger partial charge < -0.3 is 19.9 Å². The smallest absolute Gasteiger partial charge is 0.407 e. The molecule has 1 aromatic rings. The van der Waals surface area contributed by atoms with E-state index >= 15 is 0 Å². The summed E-state index contributed by atoms with van der Waals surface area (Å²) in [7, 11) is 0. The van der Waals surface area contributed by atoms with Crippen molar-refractivity contribution in [2.24, 2.45) is 0 Å². The van der Waals surface area contributed by atoms with Gasteiger partial charge in [-0.1, -0.05) is 12.1 Å². The summed E-state index contributed by atoms with van der Waals surface area (Å²) in [5.41, 5.74) is 1.72. The van der Waals surface area contributed by atoms with E-state index in [1.165, 1.54) is 5.69 Å². The molecule has 3 aliphatic heterocycles. The number of alkyl carbamates (subject to hydrolysis) is 1. The number of rotatable bonds is 7. The topological polar surface area (TPSA) is 94.2 Å². The lowest BCUT2D eigenvalue weighted by Gasteiger charge is -2.37. The predicted octanol–water partition coefficient (Wildman–Crippen LogP) is 2.71. The number of likely N-dealkylation sites (tertiary alicyclic amines) is 1. The number of amides is 3. The first-order valence-electron chi connectivity index (χ1n) is 13.8. The van der Waals surface area contributed by atoms with E-state index in [0.29, 0.717) is 12.8 Å². The first-order chi connectivity index (χ1) is 17.7. The molecule has 3 saturated heterocycles. The summed E-state index contributed by atoms with van der Waals surface area (Å²) in [5, 5.41) is 5.46. The average molecular weight is 514 g/mol. The summed E-state index contributed by atoms with van der Waals surface area (Å²) in [5.74, 6) is -0.581. The van der Waals surface area contributed by atoms with Gasteiger partial charge in [0.05, 0.1) is 5.92 Å². The van der Waals surface area contributed by atoms with Gasteiger partial charge in [-0.25, -0.2) is 4.79 Å². The highest BCUT2D eigenvalue weighted by Gasteiger charge is 2.28. The molecular weight excluding hydrogens is 470 g/mol. The Morgan fingerprint density at radius 2 is 1.57 bits per heavy atom. The third-order valence-corrected chi connectivity index (χ3v) is 7.53. The molecule has 2 N–H and O–H groups in total. The third kappa shape index (κ3) is 8.17. The van der Waals surface area contributed by atoms with Gasteiger partial charge in [0.15, 0.2) is 0 Å². The van der Waals surface area contributed by atoms with Crippen LogP contribution in [0.5, 0.6) is 0 Å². The van der Waals surface area contributed by atoms with Crippen molar-refractivity contribution < 1.29 is 19.1 Å². The Kier molecular flexibility index (Phi) is 9.08. The number of piperazine rings is 1. The van der Waals surface area contributed by atoms with E-state index in [1.807, 2.05) is 32.9 Å². The molecule has 3 fully saturated rings. The molecule has 0 spiro atoms. The number of carbonyl (C=O) groups excluding carboxylic acids is 3. The Balaban J connectivity index is 1.11. The number of hydrogen-bond acceptors (Lipinski definition) is 7. The van der Waals surface area contributed by atoms with Crippen molar-refractivity contribution in [2.75, 3.05) is 57.3 Å². The highest BCUT2D eigenvalue weighted by Crippen LogP contribution is 2.27. The Bertz CT molecular complexity index is 929. The van der Waals surface area contributed by atoms with Crippen LogP contribution in [-0.4, -0.2) is 91.7 Å². The van der Waals surface area contributed by atoms with Crippen molar-refractivity contribution in [3.05, 3.63) is 29.8 Å². The van der Waals surface area contributed by atoms with Crippen LogP contribution in [0.4, 0.5) is 10.5 Å². The Morgan fingerprint density at radius 3 is 2.16 bits per heavy atom. The Labute approximate surface area is 220 Å². The molecule has 0 radical (unpaired) electrons. The number of nitrogens with one attached hydrogen (secondary N) is 2. The van der Waals surface area contributed by atoms with Gasteiger partial charge in [-0.2, -0.15) is 0 Å². The summed E-state index contributed by atoms with van der Waals surface area (Å²) < 4.78 is 5.38. The van der Waals surface area contributed by atoms with Crippen LogP contribution in [-0.2, 0) is 14.3 Å². The minimum absolute atomic E-state index is 0.173. The van der Waals surface area contributed by atoms with Crippen molar-refractivity contribution in [3.63, 3.8) is 0 Å². The van der Waals surface area contributed by atoms with E-state index in [0.717, 1.165) is 77.2 Å². The maximum absolute atomic E-state index is 12.1. The number of anilines is 1. The molecule has 37 heavy (non-hydrogen) atoms. The summed E-state index contributed by atoms with van der Waals surface area (Å²) in [6.07, 6.45) is 3.79. The normalized spacial score (nSPS) is 22.6. The van der Waals surface area contributed by atoms with Crippen molar-refractivity contribution in [3.8, 4) is 0 Å². The van der Waals surface area contributed by atoms with Crippen LogP contribution in [0.1, 0.15) is 64.4 Å². The van der Waals surface area contributed by atoms with Crippen LogP contribution in [0, 0.1) is 0 Å². The maximum atomic E-state index is 12.1. The molecule has 3 heterocycles. The second-order valence-electron chi connectivity index (χ2n) is 11.5. The first kappa shape index (κ1) is 27.4. The van der Waals surface area contributed by atoms with Crippen molar-refractivity contribution in [2.45, 2.75) is 70.4 Å². The van der Waals surface area contributed by atoms with Crippen molar-refractivity contribution >= 4 is 23.6 Å². The van der Waals surface area contributed by atoms with Gasteiger partial charge in [0.25, 0.3) is 0 Å². The molecule has 1 unspecified atom stereocenters. The highest BCUT2D eigenvalue weighted by atomic mass is 16.6. The minimum Gasteiger partial charge on any atom is -0.444 e. The van der Waals surface area contributed by atoms with E-state index < -0.39 is 5.60 Å². The number of nitrogens with zero attached hydrogens (tertiary/aromatic N) is 3. The van der Waals surface area contributed by atoms with Gasteiger partial charge in [0.1, 0.15) is 5.60 Å². The SMILES string of the molecule is CC(C)(C)OC(=O)NC1CCN(CCCN2CCN(c3ccc(C4CCC(=O)NC4=O)cc3)CC2)CC1. The number of hydrogen-bond donors (Lipinski definition) is 2. The van der Waals surface area contributed by atoms with Crippen LogP contribution in [0.3, 0.4) is 0 Å². The van der Waals surface area contributed by atoms with Crippen molar-refractivity contribution in [1.82, 2.24) is 20.4 Å². The molecule has 4 rings (SSSR count). The molecule has 0 saturated carbocycles. The fourth-order valence-corrected chi connectivity index (χ4v) is 5.45. The van der Waals surface area contributed by atoms with Gasteiger partial charge in [-0.15, -0.1) is 0 Å². The summed E-state index contributed by atoms with van der Waals surface area (Å²) >= 11 is 0. The lowest BCUT2D eigenvalue weighted by molar-refractivity contribution is -0.134. The van der Waals surface area contributed by atoms with Crippen LogP contribution in [0.25, 0.3) is 0 Å². The molecule has 1 aromatic carbocycles. The fourth-order valence-electron chi connectivity index (χ4n) is 5.45. The van der Waals surface area contributed by atoms with E-state index in [1.54, 1.807) is 0 Å². The monoisotopic (exact) mass is 513 g/mol. The Hall–Kier alpha value is -2.65. The first-order valence-corrected chi connectivity index (χ1v) is 13.8. The molecule has 1 atom stereocenters. The third-order valence-electron chi connectivity index (χ3n) is 7.53. The van der Waals surface area contributed by atoms with Gasteiger partial charge in [-0.05, 0) is 77.2 Å². The minimum atomic E-state index is -0.460. The van der Waals surface area contributed by atoms with Gasteiger partial charge in [0, 0.05) is 57.4 Å². The zero-order valence-electron chi connectivity index (χ0n) is 22.6. The van der Waals surface area contributed by atoms with Gasteiger partial charge >= 0.3 is 6.09 Å². The predicted molar refractivity (Wildman–Crippen MR) is 144 cm³/mol. The van der Waals surface area contributed by atoms with E-state index in [9.17, 15) is 14.4 Å². The molecule has 0 aromatic heterocycles. The lowest BCUT2D eigenvalue weighted by Crippen LogP contribution is -2.48. The standard InChI is InChI=1S/C28H43N5O4/c1-28(2,3)37-27(36)29-22-11-15-31(16-12-22)13-4-14-32-17-19-33(20-18-32)23-7-5-21(6-8-23)24-9-10-25(34)30-26(24)35/h5-8,22,24H,4,9-20H2,1-3H3,(H,29,36)(H,30,34,35). The molecule has 3 amide bonds. The molecule has 9 heteroatoms. The van der Waals surface area contributed by atoms with Crippen LogP contribution < -0.4 is 15.5 Å². The molecular formula is C28H43N5O4. The summed E-state index contributed by atoms with van der Waals surface area (Å²) in [6.45, 7) is 14.0. The average Bonchev–Trinajstić information content (AvgIpc) is 2.85. The maximum Gasteiger partial charge on any atom is 0.407 e. The van der Waals surface area contributed by atoms with E-state index in [2.05, 4.69) is 37.5 Å². The zero-order valence-corrected chi connectivity index (χ0v) is 22.6. The quantitative estimate of drug-likeness (QED) is 0.542. The second kappa shape index (κ2) is 12.3. The fraction of sp³-hybridized carbons (Fsp3) is 0.679. The molecule has 9 nitrogen and oxygen atoms in total.